The fourth-order valence-electron chi connectivity index (χ4n) is 4.82. The van der Waals surface area contributed by atoms with Gasteiger partial charge in [0.25, 0.3) is 0 Å². The summed E-state index contributed by atoms with van der Waals surface area (Å²) in [4.78, 5) is 43.4. The Kier molecular flexibility index (Phi) is 8.02. The van der Waals surface area contributed by atoms with Gasteiger partial charge in [-0.1, -0.05) is 0 Å². The lowest BCUT2D eigenvalue weighted by Crippen LogP contribution is -2.37. The third-order valence-electron chi connectivity index (χ3n) is 6.89. The van der Waals surface area contributed by atoms with E-state index in [1.54, 1.807) is 42.7 Å². The topological polar surface area (TPSA) is 134 Å². The third-order valence-corrected chi connectivity index (χ3v) is 6.89. The largest absolute Gasteiger partial charge is 0.378 e. The SMILES string of the molecule is CC(=O)Nc1ccc(NC(=O)Nc2ccc(-c3nc(N4CCOCC4)c4cc(F)c(-c5cncnc5)cc4n3)cc2)cc1F. The van der Waals surface area contributed by atoms with Crippen LogP contribution in [-0.4, -0.2) is 58.2 Å². The second kappa shape index (κ2) is 12.4. The van der Waals surface area contributed by atoms with Crippen LogP contribution in [0.15, 0.2) is 73.3 Å². The summed E-state index contributed by atoms with van der Waals surface area (Å²) in [6, 6.07) is 13.4. The number of ether oxygens (including phenoxy) is 1. The Morgan fingerprint density at radius 1 is 0.818 bits per heavy atom. The minimum Gasteiger partial charge on any atom is -0.378 e. The molecule has 0 aliphatic carbocycles. The molecule has 0 bridgehead atoms. The zero-order valence-corrected chi connectivity index (χ0v) is 23.5. The molecule has 11 nitrogen and oxygen atoms in total. The Bertz CT molecular complexity index is 1850. The number of nitrogens with zero attached hydrogens (tertiary/aromatic N) is 5. The second-order valence-corrected chi connectivity index (χ2v) is 9.98. The van der Waals surface area contributed by atoms with Crippen molar-refractivity contribution in [2.45, 2.75) is 6.92 Å². The highest BCUT2D eigenvalue weighted by atomic mass is 19.1. The van der Waals surface area contributed by atoms with Gasteiger partial charge in [0, 0.05) is 65.9 Å². The first-order chi connectivity index (χ1) is 21.3. The lowest BCUT2D eigenvalue weighted by molar-refractivity contribution is -0.114. The molecule has 1 aliphatic rings. The van der Waals surface area contributed by atoms with E-state index in [4.69, 9.17) is 14.7 Å². The molecule has 13 heteroatoms. The lowest BCUT2D eigenvalue weighted by Gasteiger charge is -2.29. The van der Waals surface area contributed by atoms with Gasteiger partial charge in [0.2, 0.25) is 5.91 Å². The van der Waals surface area contributed by atoms with Gasteiger partial charge >= 0.3 is 6.03 Å². The Balaban J connectivity index is 1.26. The first kappa shape index (κ1) is 28.6. The summed E-state index contributed by atoms with van der Waals surface area (Å²) in [7, 11) is 0. The van der Waals surface area contributed by atoms with Crippen molar-refractivity contribution in [1.29, 1.82) is 0 Å². The van der Waals surface area contributed by atoms with Crippen LogP contribution >= 0.6 is 0 Å². The Morgan fingerprint density at radius 2 is 1.52 bits per heavy atom. The molecular weight excluding hydrogens is 570 g/mol. The number of benzene rings is 3. The van der Waals surface area contributed by atoms with E-state index in [1.165, 1.54) is 31.5 Å². The van der Waals surface area contributed by atoms with Gasteiger partial charge < -0.3 is 25.6 Å². The number of anilines is 4. The molecule has 0 unspecified atom stereocenters. The summed E-state index contributed by atoms with van der Waals surface area (Å²) in [5, 5.41) is 8.21. The van der Waals surface area contributed by atoms with E-state index in [9.17, 15) is 14.0 Å². The van der Waals surface area contributed by atoms with Crippen LogP contribution in [0.4, 0.5) is 36.5 Å². The predicted molar refractivity (Wildman–Crippen MR) is 162 cm³/mol. The van der Waals surface area contributed by atoms with Crippen molar-refractivity contribution >= 4 is 45.7 Å². The van der Waals surface area contributed by atoms with Crippen LogP contribution in [-0.2, 0) is 9.53 Å². The maximum absolute atomic E-state index is 15.3. The molecule has 2 aromatic heterocycles. The summed E-state index contributed by atoms with van der Waals surface area (Å²) in [5.41, 5.74) is 2.79. The average molecular weight is 597 g/mol. The fourth-order valence-corrected chi connectivity index (χ4v) is 4.82. The summed E-state index contributed by atoms with van der Waals surface area (Å²) in [5.74, 6) is -0.495. The van der Waals surface area contributed by atoms with Crippen LogP contribution < -0.4 is 20.9 Å². The monoisotopic (exact) mass is 596 g/mol. The summed E-state index contributed by atoms with van der Waals surface area (Å²) in [6.45, 7) is 3.52. The number of carbonyl (C=O) groups is 2. The molecular formula is C31H26F2N8O3. The molecule has 222 valence electrons. The van der Waals surface area contributed by atoms with Crippen molar-refractivity contribution in [2.24, 2.45) is 0 Å². The summed E-state index contributed by atoms with van der Waals surface area (Å²) in [6.07, 6.45) is 4.47. The highest BCUT2D eigenvalue weighted by molar-refractivity contribution is 6.00. The fraction of sp³-hybridized carbons (Fsp3) is 0.161. The molecule has 0 radical (unpaired) electrons. The number of hydrogen-bond acceptors (Lipinski definition) is 8. The van der Waals surface area contributed by atoms with Crippen LogP contribution in [0.3, 0.4) is 0 Å². The maximum Gasteiger partial charge on any atom is 0.323 e. The first-order valence-corrected chi connectivity index (χ1v) is 13.7. The molecule has 3 aromatic carbocycles. The molecule has 0 spiro atoms. The van der Waals surface area contributed by atoms with Crippen LogP contribution in [0, 0.1) is 11.6 Å². The molecule has 3 N–H and O–H groups in total. The number of hydrogen-bond donors (Lipinski definition) is 3. The number of morpholine rings is 1. The van der Waals surface area contributed by atoms with Crippen molar-refractivity contribution in [3.05, 3.63) is 85.0 Å². The van der Waals surface area contributed by atoms with E-state index < -0.39 is 23.6 Å². The van der Waals surface area contributed by atoms with Crippen LogP contribution in [0.1, 0.15) is 6.92 Å². The van der Waals surface area contributed by atoms with Crippen LogP contribution in [0.5, 0.6) is 0 Å². The molecule has 44 heavy (non-hydrogen) atoms. The van der Waals surface area contributed by atoms with Crippen LogP contribution in [0.2, 0.25) is 0 Å². The first-order valence-electron chi connectivity index (χ1n) is 13.7. The highest BCUT2D eigenvalue weighted by Crippen LogP contribution is 2.33. The lowest BCUT2D eigenvalue weighted by atomic mass is 10.0. The minimum absolute atomic E-state index is 0.0159. The van der Waals surface area contributed by atoms with E-state index in [-0.39, 0.29) is 11.4 Å². The Hall–Kier alpha value is -5.56. The van der Waals surface area contributed by atoms with Gasteiger partial charge in [0.05, 0.1) is 24.4 Å². The number of carbonyl (C=O) groups excluding carboxylic acids is 2. The summed E-state index contributed by atoms with van der Waals surface area (Å²) >= 11 is 0. The zero-order chi connectivity index (χ0) is 30.6. The number of rotatable bonds is 6. The summed E-state index contributed by atoms with van der Waals surface area (Å²) < 4.78 is 35.1. The second-order valence-electron chi connectivity index (χ2n) is 9.98. The number of urea groups is 1. The number of halogens is 2. The van der Waals surface area contributed by atoms with Gasteiger partial charge in [0.15, 0.2) is 5.82 Å². The number of aromatic nitrogens is 4. The van der Waals surface area contributed by atoms with E-state index in [0.717, 1.165) is 6.07 Å². The smallest absolute Gasteiger partial charge is 0.323 e. The van der Waals surface area contributed by atoms with E-state index >= 15 is 4.39 Å². The predicted octanol–water partition coefficient (Wildman–Crippen LogP) is 5.47. The Labute approximate surface area is 250 Å². The quantitative estimate of drug-likeness (QED) is 0.235. The minimum atomic E-state index is -0.679. The number of amides is 3. The van der Waals surface area contributed by atoms with E-state index in [1.807, 2.05) is 4.90 Å². The molecule has 1 fully saturated rings. The molecule has 1 saturated heterocycles. The standard InChI is InChI=1S/C31H26F2N8O3/c1-18(42)36-27-7-6-22(12-26(27)33)38-31(43)37-21-4-2-19(3-5-21)29-39-28-14-23(20-15-34-17-35-16-20)25(32)13-24(28)30(40-29)41-8-10-44-11-9-41/h2-7,12-17H,8-11H2,1H3,(H,36,42)(H2,37,38,43). The van der Waals surface area contributed by atoms with Gasteiger partial charge in [-0.3, -0.25) is 4.79 Å². The Morgan fingerprint density at radius 3 is 2.23 bits per heavy atom. The molecule has 6 rings (SSSR count). The van der Waals surface area contributed by atoms with Crippen LogP contribution in [0.25, 0.3) is 33.4 Å². The van der Waals surface area contributed by atoms with Gasteiger partial charge in [-0.15, -0.1) is 0 Å². The normalized spacial score (nSPS) is 13.0. The number of nitrogens with one attached hydrogen (secondary N) is 3. The van der Waals surface area contributed by atoms with Crippen molar-refractivity contribution in [2.75, 3.05) is 47.2 Å². The van der Waals surface area contributed by atoms with Crippen molar-refractivity contribution in [3.8, 4) is 22.5 Å². The van der Waals surface area contributed by atoms with Crippen molar-refractivity contribution in [1.82, 2.24) is 19.9 Å². The maximum atomic E-state index is 15.3. The molecule has 3 heterocycles. The van der Waals surface area contributed by atoms with Gasteiger partial charge in [-0.05, 0) is 54.6 Å². The highest BCUT2D eigenvalue weighted by Gasteiger charge is 2.20. The third kappa shape index (κ3) is 6.27. The average Bonchev–Trinajstić information content (AvgIpc) is 3.02. The molecule has 1 aliphatic heterocycles. The van der Waals surface area contributed by atoms with Crippen molar-refractivity contribution in [3.63, 3.8) is 0 Å². The molecule has 3 amide bonds. The van der Waals surface area contributed by atoms with E-state index in [0.29, 0.717) is 71.2 Å². The molecule has 0 atom stereocenters. The number of fused-ring (bicyclic) bond motifs is 1. The molecule has 0 saturated carbocycles. The van der Waals surface area contributed by atoms with Crippen molar-refractivity contribution < 1.29 is 23.1 Å². The van der Waals surface area contributed by atoms with Gasteiger partial charge in [-0.25, -0.2) is 33.5 Å². The molecule has 5 aromatic rings. The zero-order valence-electron chi connectivity index (χ0n) is 23.5. The van der Waals surface area contributed by atoms with Gasteiger partial charge in [0.1, 0.15) is 23.8 Å². The van der Waals surface area contributed by atoms with E-state index in [2.05, 4.69) is 25.9 Å². The van der Waals surface area contributed by atoms with Gasteiger partial charge in [-0.2, -0.15) is 0 Å².